The molecule has 2 nitrogen and oxygen atoms in total. The fraction of sp³-hybridized carbons (Fsp3) is 1.00. The minimum atomic E-state index is 0. The highest BCUT2D eigenvalue weighted by Gasteiger charge is 1.92. The quantitative estimate of drug-likeness (QED) is 0.653. The first kappa shape index (κ1) is 13.2. The van der Waals surface area contributed by atoms with Gasteiger partial charge in [0.15, 0.2) is 0 Å². The predicted molar refractivity (Wildman–Crippen MR) is 50.1 cm³/mol. The van der Waals surface area contributed by atoms with Gasteiger partial charge in [0.05, 0.1) is 6.61 Å². The lowest BCUT2D eigenvalue weighted by Crippen LogP contribution is -2.18. The van der Waals surface area contributed by atoms with E-state index in [1.807, 2.05) is 18.7 Å². The van der Waals surface area contributed by atoms with Gasteiger partial charge in [-0.3, -0.25) is 0 Å². The molecule has 10 heavy (non-hydrogen) atoms. The highest BCUT2D eigenvalue weighted by molar-refractivity contribution is 7.99. The Morgan fingerprint density at radius 2 is 2.20 bits per heavy atom. The summed E-state index contributed by atoms with van der Waals surface area (Å²) < 4.78 is 4.86. The first-order valence-corrected chi connectivity index (χ1v) is 4.25. The molecule has 1 unspecified atom stereocenters. The number of rotatable bonds is 5. The maximum absolute atomic E-state index is 5.51. The van der Waals surface area contributed by atoms with E-state index in [9.17, 15) is 0 Å². The third kappa shape index (κ3) is 11.4. The van der Waals surface area contributed by atoms with Crippen LogP contribution in [-0.4, -0.2) is 31.3 Å². The van der Waals surface area contributed by atoms with Gasteiger partial charge in [-0.2, -0.15) is 11.8 Å². The Labute approximate surface area is 73.3 Å². The molecule has 0 aromatic heterocycles. The molecule has 0 saturated heterocycles. The zero-order chi connectivity index (χ0) is 7.11. The topological polar surface area (TPSA) is 35.2 Å². The van der Waals surface area contributed by atoms with Crippen LogP contribution in [0.25, 0.3) is 0 Å². The van der Waals surface area contributed by atoms with Crippen molar-refractivity contribution < 1.29 is 4.74 Å². The standard InChI is InChI=1S/C6H15NOS.ClH/c1-6(7)5-9-4-3-8-2;/h6H,3-5,7H2,1-2H3;1H. The third-order valence-corrected chi connectivity index (χ3v) is 2.03. The molecule has 0 fully saturated rings. The van der Waals surface area contributed by atoms with Crippen molar-refractivity contribution in [3.8, 4) is 0 Å². The molecule has 1 atom stereocenters. The summed E-state index contributed by atoms with van der Waals surface area (Å²) in [5.41, 5.74) is 5.51. The Hall–Kier alpha value is 0.560. The molecule has 64 valence electrons. The van der Waals surface area contributed by atoms with E-state index in [2.05, 4.69) is 0 Å². The molecular formula is C6H16ClNOS. The third-order valence-electron chi connectivity index (χ3n) is 0.813. The molecule has 0 bridgehead atoms. The van der Waals surface area contributed by atoms with Gasteiger partial charge in [0.1, 0.15) is 0 Å². The molecule has 4 heteroatoms. The van der Waals surface area contributed by atoms with E-state index < -0.39 is 0 Å². The summed E-state index contributed by atoms with van der Waals surface area (Å²) >= 11 is 1.84. The predicted octanol–water partition coefficient (Wildman–Crippen LogP) is 1.14. The minimum Gasteiger partial charge on any atom is -0.384 e. The molecule has 0 aromatic carbocycles. The van der Waals surface area contributed by atoms with Crippen molar-refractivity contribution in [2.75, 3.05) is 25.2 Å². The second-order valence-electron chi connectivity index (χ2n) is 2.04. The van der Waals surface area contributed by atoms with E-state index in [0.29, 0.717) is 6.04 Å². The Morgan fingerprint density at radius 3 is 2.60 bits per heavy atom. The second-order valence-corrected chi connectivity index (χ2v) is 3.19. The molecule has 0 aliphatic rings. The average molecular weight is 186 g/mol. The number of halogens is 1. The van der Waals surface area contributed by atoms with Crippen LogP contribution in [0.1, 0.15) is 6.92 Å². The van der Waals surface area contributed by atoms with Gasteiger partial charge in [0.25, 0.3) is 0 Å². The molecule has 0 amide bonds. The normalized spacial score (nSPS) is 12.3. The number of hydrogen-bond acceptors (Lipinski definition) is 3. The van der Waals surface area contributed by atoms with Crippen LogP contribution in [0.2, 0.25) is 0 Å². The molecule has 0 saturated carbocycles. The summed E-state index contributed by atoms with van der Waals surface area (Å²) in [7, 11) is 1.71. The molecule has 0 aliphatic heterocycles. The highest BCUT2D eigenvalue weighted by atomic mass is 35.5. The molecular weight excluding hydrogens is 170 g/mol. The van der Waals surface area contributed by atoms with Crippen molar-refractivity contribution in [2.24, 2.45) is 5.73 Å². The van der Waals surface area contributed by atoms with E-state index in [-0.39, 0.29) is 12.4 Å². The summed E-state index contributed by atoms with van der Waals surface area (Å²) in [6.45, 7) is 2.84. The van der Waals surface area contributed by atoms with Crippen LogP contribution in [0.15, 0.2) is 0 Å². The van der Waals surface area contributed by atoms with Gasteiger partial charge in [-0.15, -0.1) is 12.4 Å². The maximum Gasteiger partial charge on any atom is 0.0552 e. The average Bonchev–Trinajstić information content (AvgIpc) is 1.80. The fourth-order valence-electron chi connectivity index (χ4n) is 0.411. The Balaban J connectivity index is 0. The fourth-order valence-corrected chi connectivity index (χ4v) is 1.23. The largest absolute Gasteiger partial charge is 0.384 e. The number of ether oxygens (including phenoxy) is 1. The van der Waals surface area contributed by atoms with E-state index in [1.165, 1.54) is 0 Å². The van der Waals surface area contributed by atoms with Gasteiger partial charge in [-0.1, -0.05) is 0 Å². The minimum absolute atomic E-state index is 0. The summed E-state index contributed by atoms with van der Waals surface area (Å²) in [6.07, 6.45) is 0. The zero-order valence-corrected chi connectivity index (χ0v) is 8.13. The lowest BCUT2D eigenvalue weighted by Gasteiger charge is -2.02. The molecule has 0 aliphatic carbocycles. The van der Waals surface area contributed by atoms with Crippen LogP contribution < -0.4 is 5.73 Å². The van der Waals surface area contributed by atoms with Gasteiger partial charge < -0.3 is 10.5 Å². The lowest BCUT2D eigenvalue weighted by atomic mass is 10.4. The molecule has 0 radical (unpaired) electrons. The van der Waals surface area contributed by atoms with Crippen LogP contribution >= 0.6 is 24.2 Å². The van der Waals surface area contributed by atoms with Crippen molar-refractivity contribution in [3.63, 3.8) is 0 Å². The second kappa shape index (κ2) is 9.56. The van der Waals surface area contributed by atoms with Gasteiger partial charge >= 0.3 is 0 Å². The zero-order valence-electron chi connectivity index (χ0n) is 6.50. The van der Waals surface area contributed by atoms with Gasteiger partial charge in [-0.05, 0) is 6.92 Å². The highest BCUT2D eigenvalue weighted by Crippen LogP contribution is 1.99. The summed E-state index contributed by atoms with van der Waals surface area (Å²) in [5.74, 6) is 2.08. The number of nitrogens with two attached hydrogens (primary N) is 1. The molecule has 0 rings (SSSR count). The van der Waals surface area contributed by atoms with Crippen LogP contribution in [0.3, 0.4) is 0 Å². The van der Waals surface area contributed by atoms with E-state index in [0.717, 1.165) is 18.1 Å². The van der Waals surface area contributed by atoms with Gasteiger partial charge in [0, 0.05) is 24.7 Å². The van der Waals surface area contributed by atoms with Crippen molar-refractivity contribution in [1.29, 1.82) is 0 Å². The monoisotopic (exact) mass is 185 g/mol. The summed E-state index contributed by atoms with van der Waals surface area (Å²) in [6, 6.07) is 0.312. The Kier molecular flexibility index (Phi) is 12.6. The van der Waals surface area contributed by atoms with Crippen molar-refractivity contribution in [1.82, 2.24) is 0 Å². The van der Waals surface area contributed by atoms with Crippen LogP contribution in [-0.2, 0) is 4.74 Å². The van der Waals surface area contributed by atoms with E-state index in [4.69, 9.17) is 10.5 Å². The summed E-state index contributed by atoms with van der Waals surface area (Å²) in [4.78, 5) is 0. The molecule has 2 N–H and O–H groups in total. The smallest absolute Gasteiger partial charge is 0.0552 e. The SMILES string of the molecule is COCCSCC(C)N.Cl. The van der Waals surface area contributed by atoms with E-state index in [1.54, 1.807) is 7.11 Å². The van der Waals surface area contributed by atoms with E-state index >= 15 is 0 Å². The lowest BCUT2D eigenvalue weighted by molar-refractivity contribution is 0.218. The first-order valence-electron chi connectivity index (χ1n) is 3.09. The Morgan fingerprint density at radius 1 is 1.60 bits per heavy atom. The van der Waals surface area contributed by atoms with Crippen LogP contribution in [0, 0.1) is 0 Å². The molecule has 0 spiro atoms. The molecule has 0 heterocycles. The number of methoxy groups -OCH3 is 1. The van der Waals surface area contributed by atoms with Crippen molar-refractivity contribution in [2.45, 2.75) is 13.0 Å². The molecule has 0 aromatic rings. The van der Waals surface area contributed by atoms with Crippen molar-refractivity contribution >= 4 is 24.2 Å². The van der Waals surface area contributed by atoms with Gasteiger partial charge in [0.2, 0.25) is 0 Å². The van der Waals surface area contributed by atoms with Gasteiger partial charge in [-0.25, -0.2) is 0 Å². The summed E-state index contributed by atoms with van der Waals surface area (Å²) in [5, 5.41) is 0. The maximum atomic E-state index is 5.51. The first-order chi connectivity index (χ1) is 4.27. The Bertz CT molecular complexity index is 63.7. The van der Waals surface area contributed by atoms with Crippen LogP contribution in [0.5, 0.6) is 0 Å². The number of hydrogen-bond donors (Lipinski definition) is 1. The van der Waals surface area contributed by atoms with Crippen molar-refractivity contribution in [3.05, 3.63) is 0 Å². The number of thioether (sulfide) groups is 1. The van der Waals surface area contributed by atoms with Crippen LogP contribution in [0.4, 0.5) is 0 Å².